The largest absolute Gasteiger partial charge is 0.394 e. The average Bonchev–Trinajstić information content (AvgIpc) is 2.15. The Kier molecular flexibility index (Phi) is 7.29. The molecule has 0 amide bonds. The highest BCUT2D eigenvalue weighted by Crippen LogP contribution is 2.16. The molecule has 1 unspecified atom stereocenters. The van der Waals surface area contributed by atoms with Crippen LogP contribution in [0.4, 0.5) is 0 Å². The van der Waals surface area contributed by atoms with Crippen LogP contribution in [0.25, 0.3) is 0 Å². The maximum absolute atomic E-state index is 9.39. The molecule has 0 aliphatic carbocycles. The fourth-order valence-electron chi connectivity index (χ4n) is 2.28. The zero-order valence-electron chi connectivity index (χ0n) is 12.6. The first kappa shape index (κ1) is 16.9. The number of aliphatic hydroxyl groups excluding tert-OH is 1. The van der Waals surface area contributed by atoms with Gasteiger partial charge in [0.05, 0.1) is 6.61 Å². The molecule has 0 saturated heterocycles. The molecule has 17 heavy (non-hydrogen) atoms. The molecule has 3 heteroatoms. The number of nitrogens with zero attached hydrogens (tertiary/aromatic N) is 1. The summed E-state index contributed by atoms with van der Waals surface area (Å²) in [6.45, 7) is 14.3. The summed E-state index contributed by atoms with van der Waals surface area (Å²) >= 11 is 0. The van der Waals surface area contributed by atoms with Crippen LogP contribution in [0.2, 0.25) is 0 Å². The topological polar surface area (TPSA) is 35.5 Å². The van der Waals surface area contributed by atoms with Gasteiger partial charge in [-0.05, 0) is 45.3 Å². The predicted octanol–water partition coefficient (Wildman–Crippen LogP) is 2.10. The third-order valence-corrected chi connectivity index (χ3v) is 2.97. The van der Waals surface area contributed by atoms with E-state index in [1.54, 1.807) is 0 Å². The lowest BCUT2D eigenvalue weighted by Crippen LogP contribution is -2.46. The Morgan fingerprint density at radius 1 is 1.18 bits per heavy atom. The first-order valence-electron chi connectivity index (χ1n) is 6.77. The fourth-order valence-corrected chi connectivity index (χ4v) is 2.28. The number of likely N-dealkylation sites (N-methyl/N-ethyl adjacent to an activating group) is 1. The van der Waals surface area contributed by atoms with Gasteiger partial charge in [-0.3, -0.25) is 0 Å². The van der Waals surface area contributed by atoms with Gasteiger partial charge >= 0.3 is 0 Å². The lowest BCUT2D eigenvalue weighted by Gasteiger charge is -2.30. The monoisotopic (exact) mass is 244 g/mol. The Labute approximate surface area is 108 Å². The average molecular weight is 244 g/mol. The van der Waals surface area contributed by atoms with Crippen molar-refractivity contribution in [3.05, 3.63) is 0 Å². The van der Waals surface area contributed by atoms with E-state index in [4.69, 9.17) is 0 Å². The van der Waals surface area contributed by atoms with Crippen LogP contribution in [0.3, 0.4) is 0 Å². The van der Waals surface area contributed by atoms with Crippen molar-refractivity contribution >= 4 is 0 Å². The Morgan fingerprint density at radius 3 is 2.18 bits per heavy atom. The first-order chi connectivity index (χ1) is 7.72. The van der Waals surface area contributed by atoms with Crippen molar-refractivity contribution < 1.29 is 5.11 Å². The zero-order chi connectivity index (χ0) is 13.5. The number of hydrogen-bond donors (Lipinski definition) is 2. The van der Waals surface area contributed by atoms with Gasteiger partial charge in [-0.25, -0.2) is 0 Å². The SMILES string of the molecule is CCNC(C)(CO)CCCN(C)CC(C)(C)C. The van der Waals surface area contributed by atoms with E-state index in [-0.39, 0.29) is 12.1 Å². The summed E-state index contributed by atoms with van der Waals surface area (Å²) in [5, 5.41) is 12.8. The molecule has 0 aliphatic heterocycles. The molecule has 0 saturated carbocycles. The zero-order valence-corrected chi connectivity index (χ0v) is 12.6. The van der Waals surface area contributed by atoms with Gasteiger partial charge in [0.15, 0.2) is 0 Å². The van der Waals surface area contributed by atoms with Gasteiger partial charge in [0.25, 0.3) is 0 Å². The van der Waals surface area contributed by atoms with E-state index < -0.39 is 0 Å². The van der Waals surface area contributed by atoms with Gasteiger partial charge in [-0.15, -0.1) is 0 Å². The Morgan fingerprint density at radius 2 is 1.76 bits per heavy atom. The molecule has 104 valence electrons. The molecule has 0 fully saturated rings. The van der Waals surface area contributed by atoms with E-state index in [1.165, 1.54) is 0 Å². The summed E-state index contributed by atoms with van der Waals surface area (Å²) in [5.74, 6) is 0. The van der Waals surface area contributed by atoms with Gasteiger partial charge in [0, 0.05) is 12.1 Å². The predicted molar refractivity (Wildman–Crippen MR) is 75.4 cm³/mol. The lowest BCUT2D eigenvalue weighted by molar-refractivity contribution is 0.156. The van der Waals surface area contributed by atoms with Gasteiger partial charge in [-0.1, -0.05) is 27.7 Å². The molecule has 0 aliphatic rings. The minimum Gasteiger partial charge on any atom is -0.394 e. The standard InChI is InChI=1S/C14H32N2O/c1-7-15-14(5,12-17)9-8-10-16(6)11-13(2,3)4/h15,17H,7-12H2,1-6H3. The second-order valence-corrected chi connectivity index (χ2v) is 6.65. The summed E-state index contributed by atoms with van der Waals surface area (Å²) < 4.78 is 0. The van der Waals surface area contributed by atoms with Gasteiger partial charge in [0.1, 0.15) is 0 Å². The molecule has 0 aromatic carbocycles. The highest BCUT2D eigenvalue weighted by atomic mass is 16.3. The van der Waals surface area contributed by atoms with Crippen molar-refractivity contribution in [3.8, 4) is 0 Å². The molecule has 3 nitrogen and oxygen atoms in total. The van der Waals surface area contributed by atoms with Gasteiger partial charge in [0.2, 0.25) is 0 Å². The molecule has 0 rings (SSSR count). The van der Waals surface area contributed by atoms with Gasteiger partial charge in [-0.2, -0.15) is 0 Å². The van der Waals surface area contributed by atoms with Crippen molar-refractivity contribution in [2.24, 2.45) is 5.41 Å². The Hall–Kier alpha value is -0.120. The molecule has 1 atom stereocenters. The van der Waals surface area contributed by atoms with E-state index in [0.29, 0.717) is 5.41 Å². The van der Waals surface area contributed by atoms with E-state index in [0.717, 1.165) is 32.5 Å². The van der Waals surface area contributed by atoms with E-state index >= 15 is 0 Å². The maximum Gasteiger partial charge on any atom is 0.0610 e. The maximum atomic E-state index is 9.39. The normalized spacial score (nSPS) is 16.2. The molecule has 0 heterocycles. The molecule has 0 aromatic rings. The van der Waals surface area contributed by atoms with Crippen molar-refractivity contribution in [3.63, 3.8) is 0 Å². The van der Waals surface area contributed by atoms with Crippen molar-refractivity contribution in [1.82, 2.24) is 10.2 Å². The van der Waals surface area contributed by atoms with Crippen molar-refractivity contribution in [2.45, 2.75) is 53.0 Å². The number of nitrogens with one attached hydrogen (secondary N) is 1. The molecule has 0 spiro atoms. The van der Waals surface area contributed by atoms with E-state index in [2.05, 4.69) is 51.9 Å². The van der Waals surface area contributed by atoms with Crippen LogP contribution in [0, 0.1) is 5.41 Å². The van der Waals surface area contributed by atoms with E-state index in [9.17, 15) is 5.11 Å². The van der Waals surface area contributed by atoms with Crippen molar-refractivity contribution in [2.75, 3.05) is 33.3 Å². The second kappa shape index (κ2) is 7.34. The van der Waals surface area contributed by atoms with Crippen molar-refractivity contribution in [1.29, 1.82) is 0 Å². The highest BCUT2D eigenvalue weighted by Gasteiger charge is 2.21. The van der Waals surface area contributed by atoms with Crippen LogP contribution in [0.5, 0.6) is 0 Å². The van der Waals surface area contributed by atoms with Crippen LogP contribution in [-0.4, -0.2) is 48.8 Å². The van der Waals surface area contributed by atoms with Crippen LogP contribution in [0.1, 0.15) is 47.5 Å². The minimum absolute atomic E-state index is 0.114. The summed E-state index contributed by atoms with van der Waals surface area (Å²) in [4.78, 5) is 2.38. The lowest BCUT2D eigenvalue weighted by atomic mass is 9.95. The van der Waals surface area contributed by atoms with Crippen LogP contribution in [-0.2, 0) is 0 Å². The molecule has 0 aromatic heterocycles. The molecule has 0 bridgehead atoms. The molecular weight excluding hydrogens is 212 g/mol. The quantitative estimate of drug-likeness (QED) is 0.686. The summed E-state index contributed by atoms with van der Waals surface area (Å²) in [5.41, 5.74) is 0.244. The van der Waals surface area contributed by atoms with E-state index in [1.807, 2.05) is 0 Å². The second-order valence-electron chi connectivity index (χ2n) is 6.65. The third kappa shape index (κ3) is 8.58. The van der Waals surface area contributed by atoms with Gasteiger partial charge < -0.3 is 15.3 Å². The Balaban J connectivity index is 3.89. The molecule has 2 N–H and O–H groups in total. The number of rotatable bonds is 8. The Bertz CT molecular complexity index is 201. The summed E-state index contributed by atoms with van der Waals surface area (Å²) in [7, 11) is 2.18. The summed E-state index contributed by atoms with van der Waals surface area (Å²) in [6, 6.07) is 0. The van der Waals surface area contributed by atoms with Crippen LogP contribution in [0.15, 0.2) is 0 Å². The van der Waals surface area contributed by atoms with Crippen LogP contribution >= 0.6 is 0 Å². The smallest absolute Gasteiger partial charge is 0.0610 e. The first-order valence-corrected chi connectivity index (χ1v) is 6.77. The highest BCUT2D eigenvalue weighted by molar-refractivity contribution is 4.82. The number of hydrogen-bond acceptors (Lipinski definition) is 3. The fraction of sp³-hybridized carbons (Fsp3) is 1.00. The number of aliphatic hydroxyl groups is 1. The third-order valence-electron chi connectivity index (χ3n) is 2.97. The molecular formula is C14H32N2O. The minimum atomic E-state index is -0.114. The molecule has 0 radical (unpaired) electrons. The van der Waals surface area contributed by atoms with Crippen LogP contribution < -0.4 is 5.32 Å². The summed E-state index contributed by atoms with van der Waals surface area (Å²) in [6.07, 6.45) is 2.14.